The largest absolute Gasteiger partial charge is 0.493 e. The maximum Gasteiger partial charge on any atom is 0.421 e. The van der Waals surface area contributed by atoms with Crippen LogP contribution >= 0.6 is 0 Å². The molecule has 4 aliphatic rings. The smallest absolute Gasteiger partial charge is 0.421 e. The molecule has 5 aromatic rings. The summed E-state index contributed by atoms with van der Waals surface area (Å²) in [6.45, 7) is -0.528. The van der Waals surface area contributed by atoms with E-state index in [0.29, 0.717) is 40.2 Å². The monoisotopic (exact) mass is 963 g/mol. The highest BCUT2D eigenvalue weighted by atomic mass is 16.6. The Hall–Kier alpha value is -7.91. The number of para-hydroxylation sites is 1. The van der Waals surface area contributed by atoms with Crippen molar-refractivity contribution in [3.63, 3.8) is 0 Å². The Labute approximate surface area is 410 Å². The number of aliphatic hydroxyl groups excluding tert-OH is 1. The average Bonchev–Trinajstić information content (AvgIpc) is 3.85. The summed E-state index contributed by atoms with van der Waals surface area (Å²) in [7, 11) is 4.52. The van der Waals surface area contributed by atoms with Crippen LogP contribution in [-0.4, -0.2) is 112 Å². The van der Waals surface area contributed by atoms with Crippen LogP contribution in [0.5, 0.6) is 17.2 Å². The highest BCUT2D eigenvalue weighted by Crippen LogP contribution is 2.67. The molecule has 0 bridgehead atoms. The number of nitrogens with one attached hydrogen (secondary N) is 1. The zero-order chi connectivity index (χ0) is 49.8. The molecule has 1 spiro atoms. The number of aliphatic hydroxyl groups is 1. The molecule has 6 unspecified atom stereocenters. The van der Waals surface area contributed by atoms with E-state index in [1.54, 1.807) is 54.5 Å². The van der Waals surface area contributed by atoms with E-state index in [9.17, 15) is 14.7 Å². The van der Waals surface area contributed by atoms with E-state index >= 15 is 14.4 Å². The number of anilines is 1. The van der Waals surface area contributed by atoms with Gasteiger partial charge in [-0.15, -0.1) is 0 Å². The highest BCUT2D eigenvalue weighted by molar-refractivity contribution is 6.23. The number of urea groups is 1. The van der Waals surface area contributed by atoms with Crippen molar-refractivity contribution < 1.29 is 57.5 Å². The van der Waals surface area contributed by atoms with Crippen LogP contribution in [0.4, 0.5) is 15.3 Å². The zero-order valence-electron chi connectivity index (χ0n) is 39.4. The zero-order valence-corrected chi connectivity index (χ0v) is 39.4. The molecule has 6 atom stereocenters. The molecule has 71 heavy (non-hydrogen) atoms. The predicted molar refractivity (Wildman–Crippen MR) is 257 cm³/mol. The number of carbonyl (C=O) groups is 5. The summed E-state index contributed by atoms with van der Waals surface area (Å²) < 4.78 is 35.2. The number of esters is 1. The lowest BCUT2D eigenvalue weighted by atomic mass is 9.64. The number of methoxy groups -OCH3 is 3. The molecule has 2 fully saturated rings. The first-order valence-electron chi connectivity index (χ1n) is 23.2. The van der Waals surface area contributed by atoms with Crippen molar-refractivity contribution >= 4 is 35.6 Å². The van der Waals surface area contributed by atoms with Crippen LogP contribution < -0.4 is 30.2 Å². The first kappa shape index (κ1) is 48.1. The number of carbonyl (C=O) groups excluding carboxylic acids is 5. The molecule has 0 aliphatic carbocycles. The van der Waals surface area contributed by atoms with Gasteiger partial charge in [0.1, 0.15) is 36.5 Å². The SMILES string of the molecule is COCCOC(=O)N1C(=O)C2(c3cc(C#CCNC(N)=O)ccc31)C(C(=O)N1CCc3cc(OC)c(OC)cc3C1)C1C(=O)OC(c3ccccc3)C(c3ccccc3)N1C2c1ccccc1OCCO. The summed E-state index contributed by atoms with van der Waals surface area (Å²) in [5, 5.41) is 12.6. The normalized spacial score (nSPS) is 22.1. The van der Waals surface area contributed by atoms with E-state index in [-0.39, 0.29) is 63.1 Å². The Morgan fingerprint density at radius 3 is 2.20 bits per heavy atom. The number of hydrogen-bond donors (Lipinski definition) is 3. The third kappa shape index (κ3) is 8.64. The fraction of sp³-hybridized carbons (Fsp3) is 0.315. The van der Waals surface area contributed by atoms with Gasteiger partial charge in [0.2, 0.25) is 11.8 Å². The Morgan fingerprint density at radius 1 is 0.817 bits per heavy atom. The summed E-state index contributed by atoms with van der Waals surface area (Å²) in [6, 6.07) is 29.8. The fourth-order valence-electron chi connectivity index (χ4n) is 10.7. The van der Waals surface area contributed by atoms with Crippen molar-refractivity contribution in [1.82, 2.24) is 15.1 Å². The van der Waals surface area contributed by atoms with Gasteiger partial charge in [0.15, 0.2) is 11.5 Å². The van der Waals surface area contributed by atoms with Crippen molar-refractivity contribution in [3.05, 3.63) is 154 Å². The number of primary amides is 1. The first-order chi connectivity index (χ1) is 34.6. The van der Waals surface area contributed by atoms with Crippen LogP contribution in [0.2, 0.25) is 0 Å². The van der Waals surface area contributed by atoms with Crippen LogP contribution in [0.1, 0.15) is 57.1 Å². The van der Waals surface area contributed by atoms with Crippen molar-refractivity contribution in [2.45, 2.75) is 42.6 Å². The summed E-state index contributed by atoms with van der Waals surface area (Å²) in [5.41, 5.74) is 7.28. The van der Waals surface area contributed by atoms with Crippen LogP contribution in [0.15, 0.2) is 115 Å². The standard InChI is InChI=1S/C54H53N5O12/c1-66-27-28-70-53(65)58-40-21-20-33(13-12-23-56-52(55)64)29-39(40)54(51(58)63)44(49(61)57-24-22-36-30-42(67-2)43(68-3)31-37(36)32-57)46-50(62)71-47(35-16-8-5-9-17-35)45(34-14-6-4-7-15-34)59(46)48(54)38-18-10-11-19-41(38)69-26-25-60/h4-11,14-21,29-31,44-48,60H,22-28,32H2,1-3H3,(H3,55,56,64). The molecule has 9 rings (SSSR count). The maximum atomic E-state index is 16.6. The van der Waals surface area contributed by atoms with E-state index in [0.717, 1.165) is 16.0 Å². The molecule has 17 nitrogen and oxygen atoms in total. The van der Waals surface area contributed by atoms with Gasteiger partial charge in [0.05, 0.1) is 57.7 Å². The summed E-state index contributed by atoms with van der Waals surface area (Å²) in [6.07, 6.45) is -1.62. The van der Waals surface area contributed by atoms with Gasteiger partial charge in [-0.25, -0.2) is 14.5 Å². The molecule has 0 aromatic heterocycles. The lowest BCUT2D eigenvalue weighted by Crippen LogP contribution is -2.57. The second kappa shape index (κ2) is 20.6. The van der Waals surface area contributed by atoms with Gasteiger partial charge >= 0.3 is 18.1 Å². The topological polar surface area (TPSA) is 209 Å². The van der Waals surface area contributed by atoms with Gasteiger partial charge in [-0.3, -0.25) is 19.3 Å². The summed E-state index contributed by atoms with van der Waals surface area (Å²) in [5.74, 6) is 3.41. The second-order valence-electron chi connectivity index (χ2n) is 17.4. The Kier molecular flexibility index (Phi) is 14.0. The van der Waals surface area contributed by atoms with Crippen LogP contribution in [0, 0.1) is 17.8 Å². The Balaban J connectivity index is 1.36. The van der Waals surface area contributed by atoms with Gasteiger partial charge in [-0.2, -0.15) is 0 Å². The number of amides is 5. The van der Waals surface area contributed by atoms with Gasteiger partial charge in [0, 0.05) is 31.3 Å². The quantitative estimate of drug-likeness (QED) is 0.0796. The van der Waals surface area contributed by atoms with Gasteiger partial charge in [-0.05, 0) is 70.6 Å². The minimum Gasteiger partial charge on any atom is -0.493 e. The number of benzene rings is 5. The molecule has 4 aliphatic heterocycles. The highest BCUT2D eigenvalue weighted by Gasteiger charge is 2.76. The van der Waals surface area contributed by atoms with Gasteiger partial charge in [0.25, 0.3) is 0 Å². The summed E-state index contributed by atoms with van der Waals surface area (Å²) in [4.78, 5) is 79.5. The molecule has 4 N–H and O–H groups in total. The van der Waals surface area contributed by atoms with Crippen molar-refractivity contribution in [2.75, 3.05) is 65.7 Å². The van der Waals surface area contributed by atoms with E-state index < -0.39 is 65.5 Å². The Bertz CT molecular complexity index is 2910. The molecular weight excluding hydrogens is 911 g/mol. The first-order valence-corrected chi connectivity index (χ1v) is 23.2. The van der Waals surface area contributed by atoms with E-state index in [1.165, 1.54) is 14.2 Å². The molecule has 2 saturated heterocycles. The maximum absolute atomic E-state index is 16.6. The number of cyclic esters (lactones) is 1. The lowest BCUT2D eigenvalue weighted by Gasteiger charge is -2.46. The van der Waals surface area contributed by atoms with E-state index in [1.807, 2.05) is 77.7 Å². The number of ether oxygens (including phenoxy) is 6. The third-order valence-corrected chi connectivity index (χ3v) is 13.6. The average molecular weight is 964 g/mol. The number of fused-ring (bicyclic) bond motifs is 4. The minimum atomic E-state index is -2.16. The number of hydrogen-bond acceptors (Lipinski definition) is 13. The molecular formula is C54H53N5O12. The van der Waals surface area contributed by atoms with Crippen molar-refractivity contribution in [2.24, 2.45) is 11.7 Å². The number of nitrogens with two attached hydrogens (primary N) is 1. The number of rotatable bonds is 13. The minimum absolute atomic E-state index is 0.0212. The molecule has 4 heterocycles. The number of imide groups is 1. The molecule has 17 heteroatoms. The van der Waals surface area contributed by atoms with Crippen LogP contribution in [0.25, 0.3) is 0 Å². The second-order valence-corrected chi connectivity index (χ2v) is 17.4. The molecule has 366 valence electrons. The van der Waals surface area contributed by atoms with E-state index in [4.69, 9.17) is 34.2 Å². The molecule has 0 radical (unpaired) electrons. The van der Waals surface area contributed by atoms with Crippen molar-refractivity contribution in [1.29, 1.82) is 0 Å². The number of nitrogens with zero attached hydrogens (tertiary/aromatic N) is 3. The van der Waals surface area contributed by atoms with Crippen LogP contribution in [0.3, 0.4) is 0 Å². The predicted octanol–water partition coefficient (Wildman–Crippen LogP) is 5.13. The fourth-order valence-corrected chi connectivity index (χ4v) is 10.7. The molecule has 0 saturated carbocycles. The summed E-state index contributed by atoms with van der Waals surface area (Å²) >= 11 is 0. The van der Waals surface area contributed by atoms with Crippen LogP contribution in [-0.2, 0) is 47.0 Å². The lowest BCUT2D eigenvalue weighted by molar-refractivity contribution is -0.179. The molecule has 5 amide bonds. The van der Waals surface area contributed by atoms with E-state index in [2.05, 4.69) is 17.2 Å². The third-order valence-electron chi connectivity index (χ3n) is 13.6. The Morgan fingerprint density at radius 2 is 1.51 bits per heavy atom. The molecule has 5 aromatic carbocycles. The van der Waals surface area contributed by atoms with Crippen molar-refractivity contribution in [3.8, 4) is 29.1 Å². The number of morpholine rings is 1. The van der Waals surface area contributed by atoms with Gasteiger partial charge in [-0.1, -0.05) is 90.7 Å². The van der Waals surface area contributed by atoms with Gasteiger partial charge < -0.3 is 49.5 Å².